The Labute approximate surface area is 120 Å². The molecule has 0 atom stereocenters. The van der Waals surface area contributed by atoms with Crippen LogP contribution in [0.5, 0.6) is 11.6 Å². The lowest BCUT2D eigenvalue weighted by Crippen LogP contribution is -1.93. The number of nitrogens with zero attached hydrogens (tertiary/aromatic N) is 2. The van der Waals surface area contributed by atoms with Crippen LogP contribution in [-0.4, -0.2) is 21.7 Å². The summed E-state index contributed by atoms with van der Waals surface area (Å²) in [5.41, 5.74) is 1.64. The Hall–Kier alpha value is -2.53. The van der Waals surface area contributed by atoms with E-state index in [0.29, 0.717) is 29.0 Å². The predicted molar refractivity (Wildman–Crippen MR) is 76.8 cm³/mol. The largest absolute Gasteiger partial charge is 0.438 e. The van der Waals surface area contributed by atoms with Crippen LogP contribution in [0.2, 0.25) is 0 Å². The van der Waals surface area contributed by atoms with E-state index in [1.165, 1.54) is 18.5 Å². The number of aliphatic hydroxyl groups is 1. The van der Waals surface area contributed by atoms with Gasteiger partial charge in [0.25, 0.3) is 0 Å². The molecule has 1 N–H and O–H groups in total. The third-order valence-corrected chi connectivity index (χ3v) is 3.10. The third kappa shape index (κ3) is 2.98. The predicted octanol–water partition coefficient (Wildman–Crippen LogP) is 3.10. The minimum Gasteiger partial charge on any atom is -0.438 e. The van der Waals surface area contributed by atoms with Crippen molar-refractivity contribution in [2.75, 3.05) is 6.61 Å². The third-order valence-electron chi connectivity index (χ3n) is 3.10. The van der Waals surface area contributed by atoms with Crippen LogP contribution < -0.4 is 4.74 Å². The van der Waals surface area contributed by atoms with Crippen molar-refractivity contribution in [3.05, 3.63) is 60.2 Å². The average Bonchev–Trinajstić information content (AvgIpc) is 2.50. The summed E-state index contributed by atoms with van der Waals surface area (Å²) in [5.74, 6) is 0.552. The molecule has 0 spiro atoms. The van der Waals surface area contributed by atoms with Crippen LogP contribution in [0.1, 0.15) is 5.56 Å². The summed E-state index contributed by atoms with van der Waals surface area (Å²) in [7, 11) is 0. The molecule has 2 aromatic carbocycles. The second-order valence-corrected chi connectivity index (χ2v) is 4.56. The molecule has 21 heavy (non-hydrogen) atoms. The Balaban J connectivity index is 1.92. The summed E-state index contributed by atoms with van der Waals surface area (Å²) < 4.78 is 19.1. The number of ether oxygens (including phenoxy) is 1. The molecule has 0 saturated heterocycles. The van der Waals surface area contributed by atoms with Crippen LogP contribution in [0.25, 0.3) is 10.9 Å². The molecule has 0 fully saturated rings. The van der Waals surface area contributed by atoms with Gasteiger partial charge in [0.15, 0.2) is 0 Å². The molecule has 0 aliphatic rings. The maximum Gasteiger partial charge on any atom is 0.230 e. The topological polar surface area (TPSA) is 55.2 Å². The summed E-state index contributed by atoms with van der Waals surface area (Å²) in [6.45, 7) is 0.107. The number of aromatic nitrogens is 2. The molecule has 0 aliphatic carbocycles. The summed E-state index contributed by atoms with van der Waals surface area (Å²) in [6.07, 6.45) is 1.98. The summed E-state index contributed by atoms with van der Waals surface area (Å²) in [4.78, 5) is 8.14. The van der Waals surface area contributed by atoms with Crippen molar-refractivity contribution in [2.24, 2.45) is 0 Å². The first-order valence-electron chi connectivity index (χ1n) is 6.54. The van der Waals surface area contributed by atoms with Gasteiger partial charge in [-0.25, -0.2) is 14.4 Å². The first-order valence-corrected chi connectivity index (χ1v) is 6.54. The highest BCUT2D eigenvalue weighted by Gasteiger charge is 2.07. The Morgan fingerprint density at radius 2 is 1.86 bits per heavy atom. The zero-order valence-electron chi connectivity index (χ0n) is 11.2. The number of rotatable bonds is 4. The van der Waals surface area contributed by atoms with Crippen molar-refractivity contribution < 1.29 is 14.2 Å². The van der Waals surface area contributed by atoms with Gasteiger partial charge < -0.3 is 9.84 Å². The van der Waals surface area contributed by atoms with E-state index < -0.39 is 0 Å². The molecule has 3 aromatic rings. The van der Waals surface area contributed by atoms with E-state index in [9.17, 15) is 4.39 Å². The van der Waals surface area contributed by atoms with Gasteiger partial charge in [-0.2, -0.15) is 0 Å². The molecule has 106 valence electrons. The number of halogens is 1. The van der Waals surface area contributed by atoms with Gasteiger partial charge in [-0.3, -0.25) is 0 Å². The lowest BCUT2D eigenvalue weighted by atomic mass is 10.1. The molecule has 0 unspecified atom stereocenters. The number of hydrogen-bond donors (Lipinski definition) is 1. The molecule has 0 radical (unpaired) electrons. The van der Waals surface area contributed by atoms with E-state index in [1.807, 2.05) is 12.1 Å². The Bertz CT molecular complexity index is 760. The van der Waals surface area contributed by atoms with Crippen molar-refractivity contribution in [3.8, 4) is 11.6 Å². The number of aliphatic hydroxyl groups excluding tert-OH is 1. The fourth-order valence-corrected chi connectivity index (χ4v) is 2.05. The van der Waals surface area contributed by atoms with Gasteiger partial charge in [0.2, 0.25) is 5.88 Å². The van der Waals surface area contributed by atoms with E-state index in [0.717, 1.165) is 5.56 Å². The molecular weight excluding hydrogens is 271 g/mol. The minimum absolute atomic E-state index is 0.107. The molecule has 3 rings (SSSR count). The van der Waals surface area contributed by atoms with E-state index in [1.54, 1.807) is 18.2 Å². The molecule has 0 aliphatic heterocycles. The van der Waals surface area contributed by atoms with Gasteiger partial charge in [-0.15, -0.1) is 0 Å². The molecule has 0 amide bonds. The SMILES string of the molecule is OCCc1ccc(Oc2ncnc3ccc(F)cc23)cc1. The molecule has 0 bridgehead atoms. The summed E-state index contributed by atoms with van der Waals surface area (Å²) in [6, 6.07) is 11.6. The fraction of sp³-hybridized carbons (Fsp3) is 0.125. The van der Waals surface area contributed by atoms with Crippen LogP contribution >= 0.6 is 0 Å². The normalized spacial score (nSPS) is 10.8. The Morgan fingerprint density at radius 3 is 2.62 bits per heavy atom. The van der Waals surface area contributed by atoms with Crippen molar-refractivity contribution in [3.63, 3.8) is 0 Å². The number of benzene rings is 2. The smallest absolute Gasteiger partial charge is 0.230 e. The van der Waals surface area contributed by atoms with Gasteiger partial charge in [0.05, 0.1) is 10.9 Å². The molecule has 5 heteroatoms. The lowest BCUT2D eigenvalue weighted by Gasteiger charge is -2.08. The summed E-state index contributed by atoms with van der Waals surface area (Å²) in [5, 5.41) is 9.41. The molecule has 0 saturated carbocycles. The zero-order valence-corrected chi connectivity index (χ0v) is 11.2. The second-order valence-electron chi connectivity index (χ2n) is 4.56. The quantitative estimate of drug-likeness (QED) is 0.800. The first-order chi connectivity index (χ1) is 10.3. The van der Waals surface area contributed by atoms with E-state index in [2.05, 4.69) is 9.97 Å². The zero-order chi connectivity index (χ0) is 14.7. The highest BCUT2D eigenvalue weighted by atomic mass is 19.1. The van der Waals surface area contributed by atoms with E-state index in [-0.39, 0.29) is 12.4 Å². The highest BCUT2D eigenvalue weighted by molar-refractivity contribution is 5.83. The maximum atomic E-state index is 13.4. The van der Waals surface area contributed by atoms with Gasteiger partial charge in [0.1, 0.15) is 17.9 Å². The first kappa shape index (κ1) is 13.5. The number of fused-ring (bicyclic) bond motifs is 1. The van der Waals surface area contributed by atoms with Crippen molar-refractivity contribution in [2.45, 2.75) is 6.42 Å². The highest BCUT2D eigenvalue weighted by Crippen LogP contribution is 2.27. The van der Waals surface area contributed by atoms with E-state index in [4.69, 9.17) is 9.84 Å². The standard InChI is InChI=1S/C16H13FN2O2/c17-12-3-6-15-14(9-12)16(19-10-18-15)21-13-4-1-11(2-5-13)7-8-20/h1-6,9-10,20H,7-8H2. The van der Waals surface area contributed by atoms with Crippen molar-refractivity contribution in [1.29, 1.82) is 0 Å². The Morgan fingerprint density at radius 1 is 1.05 bits per heavy atom. The minimum atomic E-state index is -0.361. The monoisotopic (exact) mass is 284 g/mol. The van der Waals surface area contributed by atoms with Crippen molar-refractivity contribution >= 4 is 10.9 Å². The maximum absolute atomic E-state index is 13.4. The van der Waals surface area contributed by atoms with Gasteiger partial charge >= 0.3 is 0 Å². The molecule has 1 aromatic heterocycles. The lowest BCUT2D eigenvalue weighted by molar-refractivity contribution is 0.299. The van der Waals surface area contributed by atoms with E-state index >= 15 is 0 Å². The summed E-state index contributed by atoms with van der Waals surface area (Å²) >= 11 is 0. The fourth-order valence-electron chi connectivity index (χ4n) is 2.05. The second kappa shape index (κ2) is 5.85. The molecular formula is C16H13FN2O2. The van der Waals surface area contributed by atoms with Crippen LogP contribution in [0.3, 0.4) is 0 Å². The number of hydrogen-bond acceptors (Lipinski definition) is 4. The van der Waals surface area contributed by atoms with Crippen LogP contribution in [0.4, 0.5) is 4.39 Å². The van der Waals surface area contributed by atoms with Crippen LogP contribution in [0, 0.1) is 5.82 Å². The molecule has 4 nitrogen and oxygen atoms in total. The van der Waals surface area contributed by atoms with Gasteiger partial charge in [-0.05, 0) is 42.3 Å². The van der Waals surface area contributed by atoms with Gasteiger partial charge in [-0.1, -0.05) is 12.1 Å². The average molecular weight is 284 g/mol. The Kier molecular flexibility index (Phi) is 3.75. The van der Waals surface area contributed by atoms with Crippen LogP contribution in [-0.2, 0) is 6.42 Å². The van der Waals surface area contributed by atoms with Crippen molar-refractivity contribution in [1.82, 2.24) is 9.97 Å². The van der Waals surface area contributed by atoms with Gasteiger partial charge in [0, 0.05) is 6.61 Å². The molecule has 1 heterocycles. The van der Waals surface area contributed by atoms with Crippen LogP contribution in [0.15, 0.2) is 48.8 Å².